The Labute approximate surface area is 147 Å². The van der Waals surface area contributed by atoms with E-state index < -0.39 is 0 Å². The molecule has 0 aromatic carbocycles. The number of carbonyl (C=O) groups excluding carboxylic acids is 1. The minimum absolute atomic E-state index is 0.0404. The Morgan fingerprint density at radius 3 is 2.72 bits per heavy atom. The van der Waals surface area contributed by atoms with E-state index in [0.717, 1.165) is 55.5 Å². The molecule has 1 amide bonds. The molecule has 0 radical (unpaired) electrons. The Morgan fingerprint density at radius 1 is 1.28 bits per heavy atom. The molecule has 2 aromatic rings. The monoisotopic (exact) mass is 342 g/mol. The molecule has 3 heterocycles. The summed E-state index contributed by atoms with van der Waals surface area (Å²) >= 11 is 0. The maximum Gasteiger partial charge on any atom is 0.259 e. The molecule has 1 saturated heterocycles. The Kier molecular flexibility index (Phi) is 4.46. The van der Waals surface area contributed by atoms with Crippen LogP contribution in [0, 0.1) is 5.92 Å². The van der Waals surface area contributed by atoms with Crippen molar-refractivity contribution in [3.63, 3.8) is 0 Å². The van der Waals surface area contributed by atoms with Crippen molar-refractivity contribution in [2.45, 2.75) is 51.4 Å². The van der Waals surface area contributed by atoms with Gasteiger partial charge in [0.1, 0.15) is 0 Å². The Balaban J connectivity index is 1.75. The zero-order valence-corrected chi connectivity index (χ0v) is 15.0. The molecule has 6 heteroatoms. The summed E-state index contributed by atoms with van der Waals surface area (Å²) in [6.07, 6.45) is 4.31. The molecular weight excluding hydrogens is 316 g/mol. The van der Waals surface area contributed by atoms with E-state index in [0.29, 0.717) is 35.6 Å². The van der Waals surface area contributed by atoms with Crippen LogP contribution >= 0.6 is 0 Å². The van der Waals surface area contributed by atoms with E-state index in [1.54, 1.807) is 0 Å². The summed E-state index contributed by atoms with van der Waals surface area (Å²) in [5, 5.41) is 11.6. The lowest BCUT2D eigenvalue weighted by molar-refractivity contribution is 0.0950. The normalized spacial score (nSPS) is 18.8. The van der Waals surface area contributed by atoms with Crippen LogP contribution in [-0.2, 0) is 0 Å². The number of hydrogen-bond donors (Lipinski definition) is 2. The van der Waals surface area contributed by atoms with Crippen molar-refractivity contribution in [2.75, 3.05) is 19.6 Å². The predicted molar refractivity (Wildman–Crippen MR) is 95.8 cm³/mol. The zero-order chi connectivity index (χ0) is 17.4. The average molecular weight is 342 g/mol. The van der Waals surface area contributed by atoms with Gasteiger partial charge in [0.2, 0.25) is 0 Å². The van der Waals surface area contributed by atoms with Crippen LogP contribution in [0.4, 0.5) is 0 Å². The van der Waals surface area contributed by atoms with Gasteiger partial charge in [-0.05, 0) is 50.8 Å². The van der Waals surface area contributed by atoms with Crippen LogP contribution in [-0.4, -0.2) is 35.7 Å². The fraction of sp³-hybridized carbons (Fsp3) is 0.632. The summed E-state index contributed by atoms with van der Waals surface area (Å²) in [5.41, 5.74) is 3.08. The number of amides is 1. The summed E-state index contributed by atoms with van der Waals surface area (Å²) < 4.78 is 5.58. The molecule has 6 nitrogen and oxygen atoms in total. The molecule has 1 aliphatic heterocycles. The smallest absolute Gasteiger partial charge is 0.259 e. The van der Waals surface area contributed by atoms with Crippen LogP contribution in [0.15, 0.2) is 10.6 Å². The zero-order valence-electron chi connectivity index (χ0n) is 15.0. The number of nitrogens with zero attached hydrogens (tertiary/aromatic N) is 2. The van der Waals surface area contributed by atoms with E-state index >= 15 is 0 Å². The predicted octanol–water partition coefficient (Wildman–Crippen LogP) is 2.95. The summed E-state index contributed by atoms with van der Waals surface area (Å²) in [6, 6.07) is 1.97. The van der Waals surface area contributed by atoms with Crippen LogP contribution in [0.25, 0.3) is 11.1 Å². The van der Waals surface area contributed by atoms with Gasteiger partial charge in [-0.3, -0.25) is 4.79 Å². The van der Waals surface area contributed by atoms with Gasteiger partial charge >= 0.3 is 0 Å². The van der Waals surface area contributed by atoms with E-state index in [1.165, 1.54) is 0 Å². The number of piperidine rings is 1. The van der Waals surface area contributed by atoms with Gasteiger partial charge in [-0.2, -0.15) is 0 Å². The molecule has 2 aliphatic rings. The first kappa shape index (κ1) is 16.5. The average Bonchev–Trinajstić information content (AvgIpc) is 3.39. The maximum atomic E-state index is 12.9. The molecule has 0 atom stereocenters. The number of hydrogen-bond acceptors (Lipinski definition) is 5. The van der Waals surface area contributed by atoms with Crippen LogP contribution in [0.2, 0.25) is 0 Å². The fourth-order valence-electron chi connectivity index (χ4n) is 3.53. The minimum atomic E-state index is -0.0404. The van der Waals surface area contributed by atoms with Gasteiger partial charge in [0.15, 0.2) is 0 Å². The molecular formula is C19H26N4O2. The van der Waals surface area contributed by atoms with Gasteiger partial charge in [-0.25, -0.2) is 4.98 Å². The number of nitrogens with one attached hydrogen (secondary N) is 2. The Morgan fingerprint density at radius 2 is 2.04 bits per heavy atom. The first-order valence-electron chi connectivity index (χ1n) is 9.42. The van der Waals surface area contributed by atoms with Crippen molar-refractivity contribution in [3.05, 3.63) is 23.0 Å². The van der Waals surface area contributed by atoms with Gasteiger partial charge in [-0.1, -0.05) is 19.0 Å². The van der Waals surface area contributed by atoms with Gasteiger partial charge in [-0.15, -0.1) is 0 Å². The minimum Gasteiger partial charge on any atom is -0.352 e. The molecule has 0 spiro atoms. The van der Waals surface area contributed by atoms with Gasteiger partial charge < -0.3 is 15.2 Å². The largest absolute Gasteiger partial charge is 0.352 e. The third-order valence-electron chi connectivity index (χ3n) is 5.13. The molecule has 2 fully saturated rings. The molecule has 1 aliphatic carbocycles. The summed E-state index contributed by atoms with van der Waals surface area (Å²) in [4.78, 5) is 17.5. The molecule has 25 heavy (non-hydrogen) atoms. The van der Waals surface area contributed by atoms with Crippen LogP contribution in [0.1, 0.15) is 73.1 Å². The summed E-state index contributed by atoms with van der Waals surface area (Å²) in [5.74, 6) is 1.16. The van der Waals surface area contributed by atoms with Crippen molar-refractivity contribution < 1.29 is 9.32 Å². The highest BCUT2D eigenvalue weighted by Crippen LogP contribution is 2.41. The Bertz CT molecular complexity index is 773. The first-order chi connectivity index (χ1) is 12.1. The third-order valence-corrected chi connectivity index (χ3v) is 5.13. The molecule has 2 aromatic heterocycles. The van der Waals surface area contributed by atoms with Crippen LogP contribution in [0.3, 0.4) is 0 Å². The second-order valence-corrected chi connectivity index (χ2v) is 7.75. The molecule has 134 valence electrons. The fourth-order valence-corrected chi connectivity index (χ4v) is 3.53. The van der Waals surface area contributed by atoms with E-state index in [1.807, 2.05) is 6.07 Å². The lowest BCUT2D eigenvalue weighted by atomic mass is 9.91. The lowest BCUT2D eigenvalue weighted by Crippen LogP contribution is -2.29. The quantitative estimate of drug-likeness (QED) is 0.873. The Hall–Kier alpha value is -1.95. The maximum absolute atomic E-state index is 12.9. The second-order valence-electron chi connectivity index (χ2n) is 7.75. The van der Waals surface area contributed by atoms with E-state index in [4.69, 9.17) is 4.52 Å². The van der Waals surface area contributed by atoms with Gasteiger partial charge in [0.05, 0.1) is 16.6 Å². The first-order valence-corrected chi connectivity index (χ1v) is 9.42. The lowest BCUT2D eigenvalue weighted by Gasteiger charge is -2.21. The van der Waals surface area contributed by atoms with Crippen molar-refractivity contribution in [1.29, 1.82) is 0 Å². The highest BCUT2D eigenvalue weighted by molar-refractivity contribution is 6.06. The standard InChI is InChI=1S/C19H26N4O2/c1-11(2)10-21-18(24)14-9-15(12-3-4-12)22-19-16(14)17(23-25-19)13-5-7-20-8-6-13/h9,11-13,20H,3-8,10H2,1-2H3,(H,21,24). The van der Waals surface area contributed by atoms with Crippen molar-refractivity contribution >= 4 is 17.0 Å². The van der Waals surface area contributed by atoms with Crippen LogP contribution < -0.4 is 10.6 Å². The van der Waals surface area contributed by atoms with Crippen molar-refractivity contribution in [1.82, 2.24) is 20.8 Å². The molecule has 0 unspecified atom stereocenters. The van der Waals surface area contributed by atoms with E-state index in [-0.39, 0.29) is 5.91 Å². The highest BCUT2D eigenvalue weighted by Gasteiger charge is 2.31. The number of rotatable bonds is 5. The van der Waals surface area contributed by atoms with Gasteiger partial charge in [0.25, 0.3) is 11.6 Å². The van der Waals surface area contributed by atoms with E-state index in [9.17, 15) is 4.79 Å². The molecule has 1 saturated carbocycles. The second kappa shape index (κ2) is 6.75. The molecule has 4 rings (SSSR count). The van der Waals surface area contributed by atoms with Crippen LogP contribution in [0.5, 0.6) is 0 Å². The number of aromatic nitrogens is 2. The van der Waals surface area contributed by atoms with E-state index in [2.05, 4.69) is 34.6 Å². The highest BCUT2D eigenvalue weighted by atomic mass is 16.5. The van der Waals surface area contributed by atoms with Gasteiger partial charge in [0, 0.05) is 24.1 Å². The third kappa shape index (κ3) is 3.40. The topological polar surface area (TPSA) is 80.1 Å². The number of pyridine rings is 1. The molecule has 0 bridgehead atoms. The summed E-state index contributed by atoms with van der Waals surface area (Å²) in [6.45, 7) is 6.80. The van der Waals surface area contributed by atoms with Crippen molar-refractivity contribution in [3.8, 4) is 0 Å². The molecule has 2 N–H and O–H groups in total. The number of carbonyl (C=O) groups is 1. The SMILES string of the molecule is CC(C)CNC(=O)c1cc(C2CC2)nc2onc(C3CCNCC3)c12. The van der Waals surface area contributed by atoms with Crippen molar-refractivity contribution in [2.24, 2.45) is 5.92 Å². The summed E-state index contributed by atoms with van der Waals surface area (Å²) in [7, 11) is 0. The number of fused-ring (bicyclic) bond motifs is 1.